The Balaban J connectivity index is 1.24. The molecule has 1 saturated carbocycles. The molecule has 1 unspecified atom stereocenters. The zero-order chi connectivity index (χ0) is 23.5. The van der Waals surface area contributed by atoms with Crippen molar-refractivity contribution in [1.82, 2.24) is 10.6 Å². The number of rotatable bonds is 9. The van der Waals surface area contributed by atoms with E-state index in [4.69, 9.17) is 9.84 Å². The van der Waals surface area contributed by atoms with Gasteiger partial charge in [0.25, 0.3) is 0 Å². The number of nitrogens with one attached hydrogen (secondary N) is 2. The maximum Gasteiger partial charge on any atom is 0.407 e. The topological polar surface area (TPSA) is 105 Å². The van der Waals surface area contributed by atoms with E-state index in [0.29, 0.717) is 6.42 Å². The summed E-state index contributed by atoms with van der Waals surface area (Å²) in [7, 11) is 0. The average Bonchev–Trinajstić information content (AvgIpc) is 3.51. The third-order valence-electron chi connectivity index (χ3n) is 6.14. The molecule has 0 bridgehead atoms. The first-order chi connectivity index (χ1) is 15.8. The van der Waals surface area contributed by atoms with Gasteiger partial charge in [0, 0.05) is 24.8 Å². The van der Waals surface area contributed by atoms with Gasteiger partial charge in [-0.1, -0.05) is 48.5 Å². The Bertz CT molecular complexity index is 1020. The van der Waals surface area contributed by atoms with Crippen LogP contribution in [0.4, 0.5) is 13.6 Å². The van der Waals surface area contributed by atoms with Crippen LogP contribution in [0.25, 0.3) is 11.1 Å². The van der Waals surface area contributed by atoms with Crippen molar-refractivity contribution in [3.05, 3.63) is 59.7 Å². The maximum absolute atomic E-state index is 12.5. The first kappa shape index (κ1) is 22.7. The van der Waals surface area contributed by atoms with Gasteiger partial charge in [-0.05, 0) is 34.6 Å². The molecule has 0 radical (unpaired) electrons. The van der Waals surface area contributed by atoms with Crippen molar-refractivity contribution in [3.63, 3.8) is 0 Å². The molecule has 0 heterocycles. The number of amides is 2. The number of benzene rings is 2. The summed E-state index contributed by atoms with van der Waals surface area (Å²) in [5.74, 6) is -2.87. The Kier molecular flexibility index (Phi) is 6.57. The zero-order valence-electron chi connectivity index (χ0n) is 17.7. The van der Waals surface area contributed by atoms with Crippen LogP contribution in [0.2, 0.25) is 0 Å². The van der Waals surface area contributed by atoms with Crippen LogP contribution < -0.4 is 10.6 Å². The monoisotopic (exact) mass is 458 g/mol. The Morgan fingerprint density at radius 1 is 1.03 bits per heavy atom. The number of hydrogen-bond acceptors (Lipinski definition) is 4. The summed E-state index contributed by atoms with van der Waals surface area (Å²) in [6.07, 6.45) is -3.95. The molecule has 2 aliphatic rings. The third-order valence-corrected chi connectivity index (χ3v) is 6.14. The summed E-state index contributed by atoms with van der Waals surface area (Å²) in [4.78, 5) is 35.4. The minimum Gasteiger partial charge on any atom is -0.480 e. The maximum atomic E-state index is 12.5. The van der Waals surface area contributed by atoms with Gasteiger partial charge in [-0.15, -0.1) is 0 Å². The quantitative estimate of drug-likeness (QED) is 0.534. The molecule has 3 atom stereocenters. The lowest BCUT2D eigenvalue weighted by molar-refractivity contribution is -0.143. The average molecular weight is 458 g/mol. The normalized spacial score (nSPS) is 19.4. The van der Waals surface area contributed by atoms with Gasteiger partial charge in [-0.3, -0.25) is 4.79 Å². The fourth-order valence-corrected chi connectivity index (χ4v) is 4.34. The van der Waals surface area contributed by atoms with E-state index in [1.807, 2.05) is 48.5 Å². The molecule has 0 saturated heterocycles. The Morgan fingerprint density at radius 3 is 2.21 bits per heavy atom. The summed E-state index contributed by atoms with van der Waals surface area (Å²) in [5, 5.41) is 13.7. The lowest BCUT2D eigenvalue weighted by Crippen LogP contribution is -2.43. The number of aliphatic carboxylic acids is 1. The fraction of sp³-hybridized carbons (Fsp3) is 0.375. The molecule has 2 aromatic carbocycles. The van der Waals surface area contributed by atoms with Gasteiger partial charge in [0.15, 0.2) is 0 Å². The van der Waals surface area contributed by atoms with Gasteiger partial charge in [-0.2, -0.15) is 0 Å². The number of carbonyl (C=O) groups excluding carboxylic acids is 2. The fourth-order valence-electron chi connectivity index (χ4n) is 4.34. The van der Waals surface area contributed by atoms with Crippen LogP contribution >= 0.6 is 0 Å². The van der Waals surface area contributed by atoms with Gasteiger partial charge in [0.1, 0.15) is 12.6 Å². The van der Waals surface area contributed by atoms with Gasteiger partial charge in [-0.25, -0.2) is 18.4 Å². The van der Waals surface area contributed by atoms with Crippen LogP contribution in [-0.4, -0.2) is 48.7 Å². The molecule has 2 amide bonds. The molecule has 0 aromatic heterocycles. The van der Waals surface area contributed by atoms with E-state index in [1.165, 1.54) is 0 Å². The van der Waals surface area contributed by atoms with Crippen LogP contribution in [0, 0.1) is 11.8 Å². The highest BCUT2D eigenvalue weighted by molar-refractivity contribution is 5.86. The standard InChI is InChI=1S/C24H24F2N2O5/c25-21(26)10-20(23(30)31)28-22(29)18-9-13(18)11-27-24(32)33-12-19-16-7-3-1-5-14(16)15-6-2-4-8-17(15)19/h1-8,13,18-21H,9-12H2,(H,27,32)(H,28,29)(H,30,31)/t13-,18-,20?/m0/s1. The SMILES string of the molecule is O=C(NC[C@@H]1C[C@@H]1C(=O)NC(CC(F)F)C(=O)O)OCC1c2ccccc2-c2ccccc21. The van der Waals surface area contributed by atoms with Gasteiger partial charge in [0.2, 0.25) is 12.3 Å². The van der Waals surface area contributed by atoms with Crippen LogP contribution in [0.3, 0.4) is 0 Å². The molecule has 0 aliphatic heterocycles. The molecule has 3 N–H and O–H groups in total. The van der Waals surface area contributed by atoms with Crippen molar-refractivity contribution in [2.24, 2.45) is 11.8 Å². The van der Waals surface area contributed by atoms with Crippen molar-refractivity contribution in [3.8, 4) is 11.1 Å². The van der Waals surface area contributed by atoms with E-state index in [-0.39, 0.29) is 25.0 Å². The summed E-state index contributed by atoms with van der Waals surface area (Å²) >= 11 is 0. The molecular formula is C24H24F2N2O5. The summed E-state index contributed by atoms with van der Waals surface area (Å²) in [6, 6.07) is 14.3. The molecule has 33 heavy (non-hydrogen) atoms. The molecule has 1 fully saturated rings. The van der Waals surface area contributed by atoms with Crippen molar-refractivity contribution in [1.29, 1.82) is 0 Å². The van der Waals surface area contributed by atoms with Crippen LogP contribution in [-0.2, 0) is 14.3 Å². The number of carboxylic acids is 1. The second-order valence-electron chi connectivity index (χ2n) is 8.33. The predicted octanol–water partition coefficient (Wildman–Crippen LogP) is 3.39. The number of ether oxygens (including phenoxy) is 1. The van der Waals surface area contributed by atoms with Crippen LogP contribution in [0.15, 0.2) is 48.5 Å². The van der Waals surface area contributed by atoms with E-state index >= 15 is 0 Å². The molecule has 0 spiro atoms. The Morgan fingerprint density at radius 2 is 1.64 bits per heavy atom. The van der Waals surface area contributed by atoms with Crippen molar-refractivity contribution in [2.45, 2.75) is 31.2 Å². The molecule has 2 aliphatic carbocycles. The van der Waals surface area contributed by atoms with Crippen molar-refractivity contribution >= 4 is 18.0 Å². The highest BCUT2D eigenvalue weighted by Crippen LogP contribution is 2.44. The first-order valence-corrected chi connectivity index (χ1v) is 10.7. The lowest BCUT2D eigenvalue weighted by Gasteiger charge is -2.15. The Hall–Kier alpha value is -3.49. The van der Waals surface area contributed by atoms with E-state index in [9.17, 15) is 23.2 Å². The minimum atomic E-state index is -2.84. The van der Waals surface area contributed by atoms with Gasteiger partial charge >= 0.3 is 12.1 Å². The number of fused-ring (bicyclic) bond motifs is 3. The van der Waals surface area contributed by atoms with E-state index < -0.39 is 42.8 Å². The molecule has 9 heteroatoms. The number of alkyl halides is 2. The third kappa shape index (κ3) is 5.13. The highest BCUT2D eigenvalue weighted by Gasteiger charge is 2.44. The number of carboxylic acid groups (broad SMARTS) is 1. The number of alkyl carbamates (subject to hydrolysis) is 1. The van der Waals surface area contributed by atoms with Gasteiger partial charge in [0.05, 0.1) is 0 Å². The van der Waals surface area contributed by atoms with E-state index in [0.717, 1.165) is 22.3 Å². The number of hydrogen-bond donors (Lipinski definition) is 3. The second kappa shape index (κ2) is 9.56. The summed E-state index contributed by atoms with van der Waals surface area (Å²) in [6.45, 7) is 0.351. The van der Waals surface area contributed by atoms with Crippen LogP contribution in [0.1, 0.15) is 29.9 Å². The predicted molar refractivity (Wildman–Crippen MR) is 115 cm³/mol. The Labute approximate surface area is 189 Å². The largest absolute Gasteiger partial charge is 0.480 e. The molecule has 2 aromatic rings. The van der Waals surface area contributed by atoms with Crippen LogP contribution in [0.5, 0.6) is 0 Å². The molecule has 7 nitrogen and oxygen atoms in total. The first-order valence-electron chi connectivity index (χ1n) is 10.7. The van der Waals surface area contributed by atoms with Gasteiger partial charge < -0.3 is 20.5 Å². The van der Waals surface area contributed by atoms with E-state index in [2.05, 4.69) is 10.6 Å². The van der Waals surface area contributed by atoms with Crippen molar-refractivity contribution in [2.75, 3.05) is 13.2 Å². The molecular weight excluding hydrogens is 434 g/mol. The molecule has 174 valence electrons. The summed E-state index contributed by atoms with van der Waals surface area (Å²) < 4.78 is 30.4. The smallest absolute Gasteiger partial charge is 0.407 e. The second-order valence-corrected chi connectivity index (χ2v) is 8.33. The zero-order valence-corrected chi connectivity index (χ0v) is 17.7. The summed E-state index contributed by atoms with van der Waals surface area (Å²) in [5.41, 5.74) is 4.45. The molecule has 4 rings (SSSR count). The highest BCUT2D eigenvalue weighted by atomic mass is 19.3. The van der Waals surface area contributed by atoms with E-state index in [1.54, 1.807) is 0 Å². The lowest BCUT2D eigenvalue weighted by atomic mass is 9.98. The minimum absolute atomic E-state index is 0.0645. The number of halogens is 2. The van der Waals surface area contributed by atoms with Crippen molar-refractivity contribution < 1.29 is 33.0 Å². The number of carbonyl (C=O) groups is 3.